The van der Waals surface area contributed by atoms with Crippen LogP contribution in [0.1, 0.15) is 44.6 Å². The van der Waals surface area contributed by atoms with Crippen LogP contribution in [0.15, 0.2) is 77.4 Å². The van der Waals surface area contributed by atoms with Gasteiger partial charge < -0.3 is 14.6 Å². The first kappa shape index (κ1) is 23.2. The number of rotatable bonds is 9. The molecule has 2 aromatic carbocycles. The molecule has 8 nitrogen and oxygen atoms in total. The van der Waals surface area contributed by atoms with Crippen molar-refractivity contribution in [2.45, 2.75) is 51.9 Å². The van der Waals surface area contributed by atoms with Crippen molar-refractivity contribution in [2.75, 3.05) is 0 Å². The van der Waals surface area contributed by atoms with Crippen molar-refractivity contribution in [3.63, 3.8) is 0 Å². The molecule has 0 bridgehead atoms. The Morgan fingerprint density at radius 1 is 1.06 bits per heavy atom. The zero-order valence-corrected chi connectivity index (χ0v) is 19.6. The molecule has 34 heavy (non-hydrogen) atoms. The molecule has 1 unspecified atom stereocenters. The Labute approximate surface area is 198 Å². The fourth-order valence-electron chi connectivity index (χ4n) is 3.75. The number of carbonyl (C=O) groups is 2. The molecule has 0 aliphatic rings. The van der Waals surface area contributed by atoms with Crippen molar-refractivity contribution in [1.82, 2.24) is 25.2 Å². The molecule has 4 rings (SSSR count). The highest BCUT2D eigenvalue weighted by atomic mass is 16.3. The number of fused-ring (bicyclic) bond motifs is 1. The van der Waals surface area contributed by atoms with Crippen molar-refractivity contribution in [1.29, 1.82) is 0 Å². The van der Waals surface area contributed by atoms with Crippen molar-refractivity contribution >= 4 is 22.8 Å². The van der Waals surface area contributed by atoms with Gasteiger partial charge in [-0.25, -0.2) is 4.68 Å². The van der Waals surface area contributed by atoms with Crippen molar-refractivity contribution in [2.24, 2.45) is 0 Å². The highest BCUT2D eigenvalue weighted by Gasteiger charge is 2.34. The van der Waals surface area contributed by atoms with E-state index in [0.29, 0.717) is 11.3 Å². The second-order valence-corrected chi connectivity index (χ2v) is 8.88. The molecule has 4 aromatic rings. The first-order chi connectivity index (χ1) is 16.4. The van der Waals surface area contributed by atoms with Crippen LogP contribution in [0.4, 0.5) is 0 Å². The summed E-state index contributed by atoms with van der Waals surface area (Å²) in [7, 11) is 0. The molecule has 0 saturated carbocycles. The molecule has 2 aromatic heterocycles. The number of amides is 2. The summed E-state index contributed by atoms with van der Waals surface area (Å²) in [5, 5.41) is 11.4. The second kappa shape index (κ2) is 9.91. The Morgan fingerprint density at radius 2 is 1.79 bits per heavy atom. The van der Waals surface area contributed by atoms with Crippen molar-refractivity contribution in [3.8, 4) is 0 Å². The first-order valence-electron chi connectivity index (χ1n) is 11.3. The lowest BCUT2D eigenvalue weighted by Gasteiger charge is -2.34. The van der Waals surface area contributed by atoms with E-state index in [2.05, 4.69) is 15.6 Å². The quantitative estimate of drug-likeness (QED) is 0.407. The van der Waals surface area contributed by atoms with E-state index in [4.69, 9.17) is 4.42 Å². The normalized spacial score (nSPS) is 12.4. The zero-order chi connectivity index (χ0) is 24.1. The molecular formula is C26H29N5O3. The Balaban J connectivity index is 1.72. The van der Waals surface area contributed by atoms with Gasteiger partial charge in [-0.1, -0.05) is 54.6 Å². The number of nitrogens with one attached hydrogen (secondary N) is 1. The van der Waals surface area contributed by atoms with E-state index in [1.807, 2.05) is 75.4 Å². The number of para-hydroxylation sites is 1. The predicted molar refractivity (Wildman–Crippen MR) is 128 cm³/mol. The summed E-state index contributed by atoms with van der Waals surface area (Å²) in [6.45, 7) is 6.02. The topological polar surface area (TPSA) is 93.3 Å². The lowest BCUT2D eigenvalue weighted by molar-refractivity contribution is -0.143. The van der Waals surface area contributed by atoms with Crippen LogP contribution in [0.3, 0.4) is 0 Å². The Kier molecular flexibility index (Phi) is 6.77. The second-order valence-electron chi connectivity index (χ2n) is 8.88. The van der Waals surface area contributed by atoms with Crippen LogP contribution < -0.4 is 5.32 Å². The van der Waals surface area contributed by atoms with Gasteiger partial charge in [-0.05, 0) is 50.1 Å². The van der Waals surface area contributed by atoms with Crippen LogP contribution in [0.5, 0.6) is 0 Å². The molecule has 1 atom stereocenters. The molecule has 0 radical (unpaired) electrons. The van der Waals surface area contributed by atoms with Crippen molar-refractivity contribution in [3.05, 3.63) is 84.3 Å². The van der Waals surface area contributed by atoms with Gasteiger partial charge in [0.1, 0.15) is 23.9 Å². The number of hydrogen-bond acceptors (Lipinski definition) is 5. The largest absolute Gasteiger partial charge is 0.467 e. The molecule has 0 fully saturated rings. The van der Waals surface area contributed by atoms with E-state index in [0.717, 1.165) is 17.5 Å². The van der Waals surface area contributed by atoms with Crippen LogP contribution in [-0.4, -0.2) is 37.2 Å². The number of carbonyl (C=O) groups excluding carboxylic acids is 2. The fraction of sp³-hybridized carbons (Fsp3) is 0.308. The maximum atomic E-state index is 13.8. The van der Waals surface area contributed by atoms with E-state index >= 15 is 0 Å². The summed E-state index contributed by atoms with van der Waals surface area (Å²) in [6.07, 6.45) is 2.30. The van der Waals surface area contributed by atoms with Gasteiger partial charge in [0, 0.05) is 5.54 Å². The minimum absolute atomic E-state index is 0.0605. The van der Waals surface area contributed by atoms with E-state index in [-0.39, 0.29) is 24.9 Å². The number of benzene rings is 2. The van der Waals surface area contributed by atoms with Gasteiger partial charge in [-0.15, -0.1) is 5.10 Å². The maximum absolute atomic E-state index is 13.8. The van der Waals surface area contributed by atoms with Crippen LogP contribution in [0, 0.1) is 0 Å². The molecular weight excluding hydrogens is 430 g/mol. The predicted octanol–water partition coefficient (Wildman–Crippen LogP) is 4.10. The summed E-state index contributed by atoms with van der Waals surface area (Å²) in [5.74, 6) is 0.0621. The van der Waals surface area contributed by atoms with Gasteiger partial charge in [0.15, 0.2) is 0 Å². The lowest BCUT2D eigenvalue weighted by atomic mass is 9.98. The molecule has 0 aliphatic carbocycles. The van der Waals surface area contributed by atoms with Gasteiger partial charge in [-0.2, -0.15) is 0 Å². The van der Waals surface area contributed by atoms with Crippen LogP contribution in [0.2, 0.25) is 0 Å². The number of hydrogen-bond donors (Lipinski definition) is 1. The molecule has 0 saturated heterocycles. The monoisotopic (exact) mass is 459 g/mol. The summed E-state index contributed by atoms with van der Waals surface area (Å²) in [5.41, 5.74) is 1.75. The smallest absolute Gasteiger partial charge is 0.247 e. The number of furan rings is 1. The zero-order valence-electron chi connectivity index (χ0n) is 19.6. The molecule has 8 heteroatoms. The van der Waals surface area contributed by atoms with Crippen LogP contribution >= 0.6 is 0 Å². The van der Waals surface area contributed by atoms with Gasteiger partial charge in [0.25, 0.3) is 0 Å². The third kappa shape index (κ3) is 5.17. The van der Waals surface area contributed by atoms with E-state index in [1.165, 1.54) is 0 Å². The van der Waals surface area contributed by atoms with Crippen LogP contribution in [0.25, 0.3) is 11.0 Å². The first-order valence-corrected chi connectivity index (χ1v) is 11.3. The third-order valence-corrected chi connectivity index (χ3v) is 5.95. The highest BCUT2D eigenvalue weighted by molar-refractivity contribution is 5.89. The average Bonchev–Trinajstić information content (AvgIpc) is 3.49. The Bertz CT molecular complexity index is 1250. The summed E-state index contributed by atoms with van der Waals surface area (Å²) in [4.78, 5) is 28.9. The van der Waals surface area contributed by atoms with Gasteiger partial charge in [0.2, 0.25) is 11.8 Å². The summed E-state index contributed by atoms with van der Waals surface area (Å²) >= 11 is 0. The molecule has 0 spiro atoms. The van der Waals surface area contributed by atoms with Crippen LogP contribution in [-0.2, 0) is 22.7 Å². The third-order valence-electron chi connectivity index (χ3n) is 5.95. The average molecular weight is 460 g/mol. The number of nitrogens with zero attached hydrogens (tertiary/aromatic N) is 4. The molecule has 2 amide bonds. The number of aromatic nitrogens is 3. The molecule has 1 N–H and O–H groups in total. The maximum Gasteiger partial charge on any atom is 0.247 e. The highest BCUT2D eigenvalue weighted by Crippen LogP contribution is 2.26. The molecule has 176 valence electrons. The molecule has 2 heterocycles. The van der Waals surface area contributed by atoms with Crippen molar-refractivity contribution < 1.29 is 14.0 Å². The SMILES string of the molecule is CCC(C)(C)NC(=O)C(c1ccccc1)N(Cc1ccco1)C(=O)Cn1nnc2ccccc21. The Hall–Kier alpha value is -3.94. The standard InChI is InChI=1S/C26H29N5O3/c1-4-26(2,3)27-25(33)24(19-11-6-5-7-12-19)30(17-20-13-10-16-34-20)23(32)18-31-22-15-9-8-14-21(22)28-29-31/h5-16,24H,4,17-18H2,1-3H3,(H,27,33). The summed E-state index contributed by atoms with van der Waals surface area (Å²) in [6, 6.07) is 19.5. The summed E-state index contributed by atoms with van der Waals surface area (Å²) < 4.78 is 7.11. The van der Waals surface area contributed by atoms with Gasteiger partial charge in [0.05, 0.1) is 18.3 Å². The fourth-order valence-corrected chi connectivity index (χ4v) is 3.75. The van der Waals surface area contributed by atoms with E-state index in [9.17, 15) is 9.59 Å². The van der Waals surface area contributed by atoms with E-state index < -0.39 is 11.6 Å². The minimum Gasteiger partial charge on any atom is -0.467 e. The van der Waals surface area contributed by atoms with Gasteiger partial charge >= 0.3 is 0 Å². The Morgan fingerprint density at radius 3 is 2.50 bits per heavy atom. The lowest BCUT2D eigenvalue weighted by Crippen LogP contribution is -2.50. The molecule has 0 aliphatic heterocycles. The minimum atomic E-state index is -0.848. The van der Waals surface area contributed by atoms with E-state index in [1.54, 1.807) is 28.0 Å². The van der Waals surface area contributed by atoms with Gasteiger partial charge in [-0.3, -0.25) is 9.59 Å².